The zero-order valence-electron chi connectivity index (χ0n) is 24.9. The Bertz CT molecular complexity index is 1790. The highest BCUT2D eigenvalue weighted by Crippen LogP contribution is 2.37. The highest BCUT2D eigenvalue weighted by Gasteiger charge is 2.30. The third-order valence-electron chi connectivity index (χ3n) is 8.53. The second-order valence-corrected chi connectivity index (χ2v) is 11.6. The number of halogens is 3. The smallest absolute Gasteiger partial charge is 0.416 e. The first-order valence-electron chi connectivity index (χ1n) is 15.1. The van der Waals surface area contributed by atoms with E-state index in [0.717, 1.165) is 71.5 Å². The van der Waals surface area contributed by atoms with Crippen molar-refractivity contribution in [3.63, 3.8) is 0 Å². The normalized spacial score (nSPS) is 14.0. The fourth-order valence-electron chi connectivity index (χ4n) is 6.22. The highest BCUT2D eigenvalue weighted by molar-refractivity contribution is 5.93. The maximum absolute atomic E-state index is 13.2. The number of methoxy groups -OCH3 is 1. The van der Waals surface area contributed by atoms with Crippen LogP contribution < -0.4 is 9.64 Å². The molecule has 9 heteroatoms. The highest BCUT2D eigenvalue weighted by atomic mass is 19.4. The van der Waals surface area contributed by atoms with Crippen molar-refractivity contribution >= 4 is 22.7 Å². The topological polar surface area (TPSA) is 67.6 Å². The molecule has 0 spiro atoms. The van der Waals surface area contributed by atoms with Gasteiger partial charge >= 0.3 is 12.1 Å². The van der Waals surface area contributed by atoms with E-state index in [2.05, 4.69) is 15.5 Å². The summed E-state index contributed by atoms with van der Waals surface area (Å²) in [4.78, 5) is 18.8. The number of carbonyl (C=O) groups is 1. The fourth-order valence-corrected chi connectivity index (χ4v) is 6.22. The third kappa shape index (κ3) is 6.67. The first-order chi connectivity index (χ1) is 21.7. The molecule has 1 fully saturated rings. The number of aromatic carboxylic acids is 1. The van der Waals surface area contributed by atoms with Crippen LogP contribution in [-0.4, -0.2) is 27.7 Å². The van der Waals surface area contributed by atoms with Crippen LogP contribution in [0.5, 0.6) is 5.75 Å². The van der Waals surface area contributed by atoms with Gasteiger partial charge in [0.05, 0.1) is 29.3 Å². The molecule has 0 radical (unpaired) electrons. The molecule has 0 aliphatic heterocycles. The number of fused-ring (bicyclic) bond motifs is 1. The van der Waals surface area contributed by atoms with Gasteiger partial charge in [-0.1, -0.05) is 49.6 Å². The lowest BCUT2D eigenvalue weighted by molar-refractivity contribution is -0.137. The maximum Gasteiger partial charge on any atom is 0.416 e. The summed E-state index contributed by atoms with van der Waals surface area (Å²) in [7, 11) is 1.60. The number of nitrogens with zero attached hydrogens (tertiary/aromatic N) is 3. The van der Waals surface area contributed by atoms with Gasteiger partial charge in [-0.3, -0.25) is 0 Å². The molecule has 232 valence electrons. The Morgan fingerprint density at radius 2 is 1.62 bits per heavy atom. The largest absolute Gasteiger partial charge is 0.497 e. The Hall–Kier alpha value is -4.79. The van der Waals surface area contributed by atoms with E-state index in [1.807, 2.05) is 48.5 Å². The molecule has 6 nitrogen and oxygen atoms in total. The number of hydrogen-bond donors (Lipinski definition) is 1. The molecule has 1 aliphatic carbocycles. The van der Waals surface area contributed by atoms with Crippen molar-refractivity contribution in [2.45, 2.75) is 57.4 Å². The van der Waals surface area contributed by atoms with Gasteiger partial charge in [-0.2, -0.15) is 13.2 Å². The number of aromatic nitrogens is 2. The lowest BCUT2D eigenvalue weighted by Gasteiger charge is -2.27. The summed E-state index contributed by atoms with van der Waals surface area (Å²) in [5, 5.41) is 9.59. The lowest BCUT2D eigenvalue weighted by atomic mass is 9.94. The predicted molar refractivity (Wildman–Crippen MR) is 169 cm³/mol. The van der Waals surface area contributed by atoms with Crippen LogP contribution in [0.1, 0.15) is 65.2 Å². The molecule has 1 heterocycles. The zero-order valence-corrected chi connectivity index (χ0v) is 24.9. The van der Waals surface area contributed by atoms with Gasteiger partial charge < -0.3 is 19.3 Å². The molecule has 0 saturated heterocycles. The molecular formula is C36H34F3N3O3. The summed E-state index contributed by atoms with van der Waals surface area (Å²) < 4.78 is 47.2. The molecule has 1 aromatic heterocycles. The molecule has 6 rings (SSSR count). The molecular weight excluding hydrogens is 579 g/mol. The summed E-state index contributed by atoms with van der Waals surface area (Å²) in [6, 6.07) is 26.4. The van der Waals surface area contributed by atoms with Crippen LogP contribution in [0.4, 0.5) is 18.9 Å². The van der Waals surface area contributed by atoms with E-state index >= 15 is 0 Å². The van der Waals surface area contributed by atoms with Crippen LogP contribution in [0, 0.1) is 0 Å². The molecule has 0 atom stereocenters. The van der Waals surface area contributed by atoms with Crippen LogP contribution in [0.15, 0.2) is 91.0 Å². The second kappa shape index (κ2) is 12.7. The third-order valence-corrected chi connectivity index (χ3v) is 8.53. The van der Waals surface area contributed by atoms with Crippen molar-refractivity contribution in [1.82, 2.24) is 9.55 Å². The summed E-state index contributed by atoms with van der Waals surface area (Å²) in [6.45, 7) is 0.890. The van der Waals surface area contributed by atoms with Gasteiger partial charge in [-0.25, -0.2) is 9.78 Å². The van der Waals surface area contributed by atoms with Gasteiger partial charge in [0.25, 0.3) is 0 Å². The Balaban J connectivity index is 1.36. The Morgan fingerprint density at radius 3 is 2.29 bits per heavy atom. The summed E-state index contributed by atoms with van der Waals surface area (Å²) >= 11 is 0. The van der Waals surface area contributed by atoms with E-state index in [0.29, 0.717) is 24.4 Å². The quantitative estimate of drug-likeness (QED) is 0.180. The summed E-state index contributed by atoms with van der Waals surface area (Å²) in [5.41, 5.74) is 4.69. The molecule has 0 unspecified atom stereocenters. The van der Waals surface area contributed by atoms with Crippen LogP contribution in [0.3, 0.4) is 0 Å². The van der Waals surface area contributed by atoms with E-state index in [1.165, 1.54) is 18.6 Å². The zero-order chi connectivity index (χ0) is 31.6. The first-order valence-corrected chi connectivity index (χ1v) is 15.1. The van der Waals surface area contributed by atoms with Crippen molar-refractivity contribution in [3.8, 4) is 17.1 Å². The molecule has 1 N–H and O–H groups in total. The van der Waals surface area contributed by atoms with E-state index in [4.69, 9.17) is 9.72 Å². The van der Waals surface area contributed by atoms with Crippen LogP contribution in [-0.2, 0) is 19.3 Å². The van der Waals surface area contributed by atoms with Gasteiger partial charge in [0.1, 0.15) is 11.6 Å². The molecule has 45 heavy (non-hydrogen) atoms. The lowest BCUT2D eigenvalue weighted by Crippen LogP contribution is -2.22. The Labute approximate surface area is 259 Å². The van der Waals surface area contributed by atoms with Crippen LogP contribution in [0.25, 0.3) is 22.4 Å². The number of imidazole rings is 1. The fraction of sp³-hybridized carbons (Fsp3) is 0.278. The molecule has 1 saturated carbocycles. The van der Waals surface area contributed by atoms with Gasteiger partial charge in [0, 0.05) is 30.4 Å². The minimum absolute atomic E-state index is 0.203. The second-order valence-electron chi connectivity index (χ2n) is 11.6. The van der Waals surface area contributed by atoms with Crippen molar-refractivity contribution in [2.75, 3.05) is 12.0 Å². The first kappa shape index (κ1) is 30.2. The van der Waals surface area contributed by atoms with Crippen molar-refractivity contribution in [2.24, 2.45) is 0 Å². The predicted octanol–water partition coefficient (Wildman–Crippen LogP) is 9.14. The number of rotatable bonds is 9. The van der Waals surface area contributed by atoms with Crippen molar-refractivity contribution in [1.29, 1.82) is 0 Å². The average molecular weight is 614 g/mol. The standard InChI is InChI=1S/C36H34F3N3O3/c1-45-31-17-15-29(16-18-31)41(22-24-10-13-28(14-11-24)36(37,38)39)23-25-6-5-7-26(20-25)34-40-32-21-27(35(43)44)12-19-33(32)42(34)30-8-3-2-4-9-30/h5-7,10-21,30H,2-4,8-9,22-23H2,1H3,(H,43,44). The summed E-state index contributed by atoms with van der Waals surface area (Å²) in [6.07, 6.45) is 1.17. The Morgan fingerprint density at radius 1 is 0.911 bits per heavy atom. The molecule has 0 bridgehead atoms. The number of carboxylic acids is 1. The van der Waals surface area contributed by atoms with E-state index in [-0.39, 0.29) is 11.6 Å². The van der Waals surface area contributed by atoms with Gasteiger partial charge in [-0.15, -0.1) is 0 Å². The average Bonchev–Trinajstić information content (AvgIpc) is 3.44. The number of hydrogen-bond acceptors (Lipinski definition) is 4. The number of alkyl halides is 3. The summed E-state index contributed by atoms with van der Waals surface area (Å²) in [5.74, 6) is 0.530. The van der Waals surface area contributed by atoms with Crippen molar-refractivity contribution in [3.05, 3.63) is 113 Å². The van der Waals surface area contributed by atoms with Gasteiger partial charge in [-0.05, 0) is 84.6 Å². The minimum Gasteiger partial charge on any atom is -0.497 e. The Kier molecular flexibility index (Phi) is 8.52. The molecule has 5 aromatic rings. The monoisotopic (exact) mass is 613 g/mol. The number of anilines is 1. The van der Waals surface area contributed by atoms with Crippen LogP contribution in [0.2, 0.25) is 0 Å². The molecule has 4 aromatic carbocycles. The van der Waals surface area contributed by atoms with Gasteiger partial charge in [0.2, 0.25) is 0 Å². The van der Waals surface area contributed by atoms with E-state index in [1.54, 1.807) is 19.2 Å². The number of ether oxygens (including phenoxy) is 1. The van der Waals surface area contributed by atoms with E-state index in [9.17, 15) is 23.1 Å². The minimum atomic E-state index is -4.39. The van der Waals surface area contributed by atoms with Gasteiger partial charge in [0.15, 0.2) is 0 Å². The molecule has 0 amide bonds. The molecule has 1 aliphatic rings. The van der Waals surface area contributed by atoms with Crippen LogP contribution >= 0.6 is 0 Å². The SMILES string of the molecule is COc1ccc(N(Cc2ccc(C(F)(F)F)cc2)Cc2cccc(-c3nc4cc(C(=O)O)ccc4n3C3CCCCC3)c2)cc1. The number of benzene rings is 4. The van der Waals surface area contributed by atoms with Crippen molar-refractivity contribution < 1.29 is 27.8 Å². The van der Waals surface area contributed by atoms with E-state index < -0.39 is 17.7 Å². The number of carboxylic acid groups (broad SMARTS) is 1. The maximum atomic E-state index is 13.2.